The molecule has 0 aliphatic carbocycles. The number of fused-ring (bicyclic) bond motifs is 3. The number of nitrogens with one attached hydrogen (secondary N) is 1. The first-order valence-corrected chi connectivity index (χ1v) is 10.6. The summed E-state index contributed by atoms with van der Waals surface area (Å²) >= 11 is 0. The van der Waals surface area contributed by atoms with Crippen molar-refractivity contribution in [2.24, 2.45) is 0 Å². The lowest BCUT2D eigenvalue weighted by molar-refractivity contribution is -0.117. The van der Waals surface area contributed by atoms with Gasteiger partial charge < -0.3 is 19.5 Å². The Balaban J connectivity index is 1.44. The molecule has 0 saturated heterocycles. The summed E-state index contributed by atoms with van der Waals surface area (Å²) in [5, 5.41) is 11.7. The first-order valence-electron chi connectivity index (χ1n) is 10.6. The Bertz CT molecular complexity index is 1600. The molecule has 0 radical (unpaired) electrons. The van der Waals surface area contributed by atoms with E-state index in [1.165, 1.54) is 11.5 Å². The van der Waals surface area contributed by atoms with Gasteiger partial charge in [-0.1, -0.05) is 0 Å². The lowest BCUT2D eigenvalue weighted by atomic mass is 10.1. The van der Waals surface area contributed by atoms with Gasteiger partial charge in [-0.25, -0.2) is 18.4 Å². The van der Waals surface area contributed by atoms with Gasteiger partial charge in [-0.3, -0.25) is 4.79 Å². The van der Waals surface area contributed by atoms with Crippen molar-refractivity contribution in [3.05, 3.63) is 71.4 Å². The molecule has 0 spiro atoms. The molecule has 3 aromatic heterocycles. The number of aromatic nitrogens is 5. The van der Waals surface area contributed by atoms with Crippen molar-refractivity contribution < 1.29 is 19.0 Å². The third-order valence-electron chi connectivity index (χ3n) is 5.55. The van der Waals surface area contributed by atoms with Crippen LogP contribution in [0.4, 0.5) is 5.69 Å². The zero-order valence-electron chi connectivity index (χ0n) is 19.3. The number of nitrogens with zero attached hydrogens (tertiary/aromatic N) is 5. The van der Waals surface area contributed by atoms with Crippen molar-refractivity contribution in [2.45, 2.75) is 6.54 Å². The number of carbonyl (C=O) groups is 1. The van der Waals surface area contributed by atoms with Gasteiger partial charge in [0.25, 0.3) is 0 Å². The minimum Gasteiger partial charge on any atom is -0.497 e. The molecule has 11 nitrogen and oxygen atoms in total. The predicted molar refractivity (Wildman–Crippen MR) is 128 cm³/mol. The fourth-order valence-corrected chi connectivity index (χ4v) is 3.77. The zero-order chi connectivity index (χ0) is 24.5. The third kappa shape index (κ3) is 4.03. The number of benzene rings is 2. The highest BCUT2D eigenvalue weighted by molar-refractivity contribution is 5.92. The van der Waals surface area contributed by atoms with E-state index >= 15 is 0 Å². The summed E-state index contributed by atoms with van der Waals surface area (Å²) in [4.78, 5) is 25.6. The minimum absolute atomic E-state index is 0.276. The van der Waals surface area contributed by atoms with Crippen LogP contribution >= 0.6 is 0 Å². The summed E-state index contributed by atoms with van der Waals surface area (Å²) in [6.07, 6.45) is 3.24. The molecule has 1 N–H and O–H groups in total. The molecule has 0 aliphatic heterocycles. The van der Waals surface area contributed by atoms with Crippen molar-refractivity contribution in [1.29, 1.82) is 0 Å². The molecule has 0 atom stereocenters. The topological polar surface area (TPSA) is 113 Å². The highest BCUT2D eigenvalue weighted by Crippen LogP contribution is 2.29. The van der Waals surface area contributed by atoms with Gasteiger partial charge in [0.1, 0.15) is 29.3 Å². The van der Waals surface area contributed by atoms with Gasteiger partial charge in [-0.05, 0) is 42.5 Å². The van der Waals surface area contributed by atoms with Gasteiger partial charge in [0.2, 0.25) is 5.91 Å². The molecule has 0 bridgehead atoms. The summed E-state index contributed by atoms with van der Waals surface area (Å²) in [6.45, 7) is -0.276. The molecule has 5 rings (SSSR count). The second-order valence-electron chi connectivity index (χ2n) is 7.63. The fraction of sp³-hybridized carbons (Fsp3) is 0.167. The van der Waals surface area contributed by atoms with E-state index in [0.717, 1.165) is 16.0 Å². The minimum atomic E-state index is -0.438. The van der Waals surface area contributed by atoms with E-state index in [0.29, 0.717) is 34.0 Å². The molecular weight excluding hydrogens is 452 g/mol. The van der Waals surface area contributed by atoms with E-state index in [4.69, 9.17) is 14.2 Å². The number of ether oxygens (including phenoxy) is 3. The lowest BCUT2D eigenvalue weighted by Gasteiger charge is -2.11. The Labute approximate surface area is 199 Å². The summed E-state index contributed by atoms with van der Waals surface area (Å²) < 4.78 is 19.8. The van der Waals surface area contributed by atoms with E-state index in [1.54, 1.807) is 49.3 Å². The van der Waals surface area contributed by atoms with Crippen LogP contribution in [0.25, 0.3) is 22.4 Å². The number of hydrogen-bond acceptors (Lipinski definition) is 7. The van der Waals surface area contributed by atoms with Crippen molar-refractivity contribution in [2.75, 3.05) is 26.6 Å². The Kier molecular flexibility index (Phi) is 5.57. The number of rotatable bonds is 7. The van der Waals surface area contributed by atoms with E-state index < -0.39 is 11.6 Å². The van der Waals surface area contributed by atoms with Crippen molar-refractivity contribution in [3.8, 4) is 28.5 Å². The average molecular weight is 474 g/mol. The Hall–Kier alpha value is -4.80. The van der Waals surface area contributed by atoms with Crippen LogP contribution < -0.4 is 25.2 Å². The van der Waals surface area contributed by atoms with Gasteiger partial charge >= 0.3 is 5.69 Å². The Morgan fingerprint density at radius 2 is 1.66 bits per heavy atom. The second-order valence-corrected chi connectivity index (χ2v) is 7.63. The van der Waals surface area contributed by atoms with E-state index in [2.05, 4.69) is 15.5 Å². The standard InChI is InChI=1S/C24H22N6O5/c1-33-16-6-4-15(5-7-16)19-13-20-23-27-30(24(32)28(23)10-11-29(20)26-19)14-22(31)25-18-9-8-17(34-2)12-21(18)35-3/h4-13H,14H2,1-3H3,(H,25,31). The first-order chi connectivity index (χ1) is 17.0. The smallest absolute Gasteiger partial charge is 0.350 e. The largest absolute Gasteiger partial charge is 0.497 e. The molecule has 1 amide bonds. The van der Waals surface area contributed by atoms with Gasteiger partial charge in [0.15, 0.2) is 5.65 Å². The normalized spacial score (nSPS) is 11.1. The molecule has 0 fully saturated rings. The summed E-state index contributed by atoms with van der Waals surface area (Å²) in [5.74, 6) is 1.35. The maximum absolute atomic E-state index is 12.9. The molecule has 0 saturated carbocycles. The van der Waals surface area contributed by atoms with Crippen LogP contribution in [0.3, 0.4) is 0 Å². The predicted octanol–water partition coefficient (Wildman–Crippen LogP) is 2.48. The van der Waals surface area contributed by atoms with Crippen LogP contribution in [0, 0.1) is 0 Å². The van der Waals surface area contributed by atoms with Gasteiger partial charge in [-0.2, -0.15) is 5.10 Å². The van der Waals surface area contributed by atoms with Gasteiger partial charge in [0, 0.05) is 24.0 Å². The molecule has 11 heteroatoms. The average Bonchev–Trinajstić information content (AvgIpc) is 3.45. The third-order valence-corrected chi connectivity index (χ3v) is 5.55. The van der Waals surface area contributed by atoms with Crippen LogP contribution in [0.5, 0.6) is 17.2 Å². The van der Waals surface area contributed by atoms with Crippen LogP contribution in [-0.2, 0) is 11.3 Å². The molecular formula is C24H22N6O5. The monoisotopic (exact) mass is 474 g/mol. The SMILES string of the molecule is COc1ccc(-c2cc3c4nn(CC(=O)Nc5ccc(OC)cc5OC)c(=O)n4ccn3n2)cc1. The zero-order valence-corrected chi connectivity index (χ0v) is 19.3. The molecule has 2 aromatic carbocycles. The van der Waals surface area contributed by atoms with Gasteiger partial charge in [-0.15, -0.1) is 5.10 Å². The van der Waals surface area contributed by atoms with E-state index in [1.807, 2.05) is 30.3 Å². The van der Waals surface area contributed by atoms with Crippen LogP contribution in [0.2, 0.25) is 0 Å². The van der Waals surface area contributed by atoms with Crippen LogP contribution in [0.15, 0.2) is 65.7 Å². The Morgan fingerprint density at radius 1 is 0.914 bits per heavy atom. The maximum Gasteiger partial charge on any atom is 0.350 e. The van der Waals surface area contributed by atoms with E-state index in [-0.39, 0.29) is 6.54 Å². The highest BCUT2D eigenvalue weighted by Gasteiger charge is 2.16. The van der Waals surface area contributed by atoms with Crippen LogP contribution in [0.1, 0.15) is 0 Å². The Morgan fingerprint density at radius 3 is 2.37 bits per heavy atom. The van der Waals surface area contributed by atoms with Crippen molar-refractivity contribution in [3.63, 3.8) is 0 Å². The number of carbonyl (C=O) groups excluding carboxylic acids is 1. The molecule has 3 heterocycles. The maximum atomic E-state index is 12.9. The van der Waals surface area contributed by atoms with Gasteiger partial charge in [0.05, 0.1) is 32.7 Å². The number of methoxy groups -OCH3 is 3. The second kappa shape index (κ2) is 8.86. The molecule has 178 valence electrons. The first kappa shape index (κ1) is 22.0. The number of amides is 1. The van der Waals surface area contributed by atoms with Crippen molar-refractivity contribution in [1.82, 2.24) is 23.8 Å². The van der Waals surface area contributed by atoms with E-state index in [9.17, 15) is 9.59 Å². The molecule has 0 unspecified atom stereocenters. The highest BCUT2D eigenvalue weighted by atomic mass is 16.5. The number of anilines is 1. The summed E-state index contributed by atoms with van der Waals surface area (Å²) in [6, 6.07) is 14.4. The summed E-state index contributed by atoms with van der Waals surface area (Å²) in [5.41, 5.74) is 2.64. The summed E-state index contributed by atoms with van der Waals surface area (Å²) in [7, 11) is 4.65. The molecule has 0 aliphatic rings. The molecule has 5 aromatic rings. The number of hydrogen-bond donors (Lipinski definition) is 1. The van der Waals surface area contributed by atoms with Crippen LogP contribution in [-0.4, -0.2) is 51.0 Å². The fourth-order valence-electron chi connectivity index (χ4n) is 3.77. The molecule has 35 heavy (non-hydrogen) atoms. The lowest BCUT2D eigenvalue weighted by Crippen LogP contribution is -2.28. The van der Waals surface area contributed by atoms with Crippen molar-refractivity contribution >= 4 is 22.8 Å². The quantitative estimate of drug-likeness (QED) is 0.386.